The van der Waals surface area contributed by atoms with Crippen molar-refractivity contribution in [1.29, 1.82) is 0 Å². The zero-order chi connectivity index (χ0) is 31.0. The quantitative estimate of drug-likeness (QED) is 0.214. The molecule has 0 bridgehead atoms. The molecule has 2 atom stereocenters. The highest BCUT2D eigenvalue weighted by Gasteiger charge is 2.39. The van der Waals surface area contributed by atoms with Crippen LogP contribution in [0.25, 0.3) is 0 Å². The Kier molecular flexibility index (Phi) is 13.5. The molecule has 1 aliphatic heterocycles. The average Bonchev–Trinajstić information content (AvgIpc) is 3.11. The van der Waals surface area contributed by atoms with E-state index in [0.717, 1.165) is 0 Å². The van der Waals surface area contributed by atoms with Crippen molar-refractivity contribution in [2.45, 2.75) is 84.9 Å². The number of carbonyl (C=O) groups is 6. The number of likely N-dealkylation sites (tertiary alicyclic amines) is 1. The standard InChI is InChI=1S/C29H50N4O6S/c1-28(2,3)22(34)13-14-33-25(37)19-21(27(33)39)40-17-11-12-24(36)32(10)20(18-23(35)29(4,5)6)26(38)31(9)16-15-30(7)8/h20-21H,11-19H2,1-10H3. The fourth-order valence-corrected chi connectivity index (χ4v) is 5.12. The van der Waals surface area contributed by atoms with Crippen LogP contribution < -0.4 is 0 Å². The first-order valence-corrected chi connectivity index (χ1v) is 15.0. The van der Waals surface area contributed by atoms with E-state index < -0.39 is 22.1 Å². The van der Waals surface area contributed by atoms with Gasteiger partial charge in [0, 0.05) is 70.2 Å². The number of amides is 4. The van der Waals surface area contributed by atoms with Crippen molar-refractivity contribution in [3.63, 3.8) is 0 Å². The molecule has 0 spiro atoms. The molecule has 2 unspecified atom stereocenters. The van der Waals surface area contributed by atoms with Crippen molar-refractivity contribution in [1.82, 2.24) is 19.6 Å². The third-order valence-electron chi connectivity index (χ3n) is 7.08. The largest absolute Gasteiger partial charge is 0.343 e. The summed E-state index contributed by atoms with van der Waals surface area (Å²) in [5, 5.41) is -0.519. The maximum Gasteiger partial charge on any atom is 0.245 e. The minimum atomic E-state index is -0.891. The van der Waals surface area contributed by atoms with Crippen LogP contribution >= 0.6 is 11.8 Å². The number of nitrogens with zero attached hydrogens (tertiary/aromatic N) is 4. The molecule has 0 saturated carbocycles. The van der Waals surface area contributed by atoms with Crippen LogP contribution in [0.15, 0.2) is 0 Å². The molecule has 228 valence electrons. The van der Waals surface area contributed by atoms with Gasteiger partial charge in [-0.05, 0) is 26.3 Å². The van der Waals surface area contributed by atoms with Gasteiger partial charge in [-0.2, -0.15) is 0 Å². The average molecular weight is 583 g/mol. The van der Waals surface area contributed by atoms with Gasteiger partial charge in [-0.15, -0.1) is 11.8 Å². The molecule has 0 aromatic heterocycles. The van der Waals surface area contributed by atoms with Crippen molar-refractivity contribution < 1.29 is 28.8 Å². The van der Waals surface area contributed by atoms with E-state index >= 15 is 0 Å². The maximum atomic E-state index is 13.3. The minimum Gasteiger partial charge on any atom is -0.343 e. The third-order valence-corrected chi connectivity index (χ3v) is 8.37. The van der Waals surface area contributed by atoms with E-state index in [1.807, 2.05) is 39.8 Å². The fourth-order valence-electron chi connectivity index (χ4n) is 3.99. The van der Waals surface area contributed by atoms with Crippen molar-refractivity contribution in [2.24, 2.45) is 10.8 Å². The number of ketones is 2. The van der Waals surface area contributed by atoms with Crippen molar-refractivity contribution in [3.8, 4) is 0 Å². The second kappa shape index (κ2) is 15.1. The van der Waals surface area contributed by atoms with Gasteiger partial charge >= 0.3 is 0 Å². The van der Waals surface area contributed by atoms with Crippen LogP contribution in [0.4, 0.5) is 0 Å². The highest BCUT2D eigenvalue weighted by atomic mass is 32.2. The smallest absolute Gasteiger partial charge is 0.245 e. The molecule has 10 nitrogen and oxygen atoms in total. The molecule has 0 aliphatic carbocycles. The Balaban J connectivity index is 2.71. The normalized spacial score (nSPS) is 16.9. The second-order valence-electron chi connectivity index (χ2n) is 12.9. The van der Waals surface area contributed by atoms with E-state index in [1.165, 1.54) is 21.6 Å². The van der Waals surface area contributed by atoms with Crippen LogP contribution in [-0.4, -0.2) is 120 Å². The summed E-state index contributed by atoms with van der Waals surface area (Å²) in [7, 11) is 7.06. The van der Waals surface area contributed by atoms with Gasteiger partial charge in [0.15, 0.2) is 0 Å². The zero-order valence-electron chi connectivity index (χ0n) is 26.2. The predicted molar refractivity (Wildman–Crippen MR) is 158 cm³/mol. The topological polar surface area (TPSA) is 115 Å². The van der Waals surface area contributed by atoms with Crippen LogP contribution in [0.1, 0.15) is 73.6 Å². The second-order valence-corrected chi connectivity index (χ2v) is 14.2. The molecule has 0 N–H and O–H groups in total. The first kappa shape index (κ1) is 35.8. The molecule has 4 amide bonds. The van der Waals surface area contributed by atoms with Gasteiger partial charge in [0.05, 0.1) is 5.25 Å². The first-order chi connectivity index (χ1) is 18.3. The van der Waals surface area contributed by atoms with Crippen LogP contribution in [-0.2, 0) is 28.8 Å². The summed E-state index contributed by atoms with van der Waals surface area (Å²) in [5.41, 5.74) is -1.16. The van der Waals surface area contributed by atoms with E-state index in [9.17, 15) is 28.8 Å². The lowest BCUT2D eigenvalue weighted by Crippen LogP contribution is -2.51. The Morgan fingerprint density at radius 3 is 2.00 bits per heavy atom. The molecule has 0 aromatic carbocycles. The van der Waals surface area contributed by atoms with Gasteiger partial charge in [-0.25, -0.2) is 0 Å². The van der Waals surface area contributed by atoms with E-state index in [2.05, 4.69) is 0 Å². The number of rotatable bonds is 15. The van der Waals surface area contributed by atoms with E-state index in [1.54, 1.807) is 39.8 Å². The Bertz CT molecular complexity index is 953. The first-order valence-electron chi connectivity index (χ1n) is 13.9. The fraction of sp³-hybridized carbons (Fsp3) is 0.793. The highest BCUT2D eigenvalue weighted by Crippen LogP contribution is 2.27. The summed E-state index contributed by atoms with van der Waals surface area (Å²) in [6, 6.07) is -0.891. The summed E-state index contributed by atoms with van der Waals surface area (Å²) < 4.78 is 0. The van der Waals surface area contributed by atoms with Gasteiger partial charge in [-0.3, -0.25) is 33.7 Å². The van der Waals surface area contributed by atoms with Crippen LogP contribution in [0.3, 0.4) is 0 Å². The number of carbonyl (C=O) groups excluding carboxylic acids is 6. The molecule has 1 aliphatic rings. The van der Waals surface area contributed by atoms with E-state index in [4.69, 9.17) is 0 Å². The molecule has 0 aromatic rings. The molecular weight excluding hydrogens is 532 g/mol. The molecule has 11 heteroatoms. The molecule has 1 fully saturated rings. The highest BCUT2D eigenvalue weighted by molar-refractivity contribution is 8.00. The van der Waals surface area contributed by atoms with Gasteiger partial charge in [0.2, 0.25) is 23.6 Å². The number of thioether (sulfide) groups is 1. The van der Waals surface area contributed by atoms with E-state index in [0.29, 0.717) is 25.3 Å². The van der Waals surface area contributed by atoms with E-state index in [-0.39, 0.29) is 67.4 Å². The van der Waals surface area contributed by atoms with Crippen molar-refractivity contribution in [2.75, 3.05) is 53.6 Å². The third kappa shape index (κ3) is 11.0. The van der Waals surface area contributed by atoms with Gasteiger partial charge in [0.25, 0.3) is 0 Å². The van der Waals surface area contributed by atoms with Gasteiger partial charge < -0.3 is 14.7 Å². The zero-order valence-corrected chi connectivity index (χ0v) is 27.0. The van der Waals surface area contributed by atoms with Gasteiger partial charge in [-0.1, -0.05) is 41.5 Å². The minimum absolute atomic E-state index is 0.00304. The van der Waals surface area contributed by atoms with Crippen LogP contribution in [0.2, 0.25) is 0 Å². The lowest BCUT2D eigenvalue weighted by Gasteiger charge is -2.32. The Labute approximate surface area is 244 Å². The molecule has 0 radical (unpaired) electrons. The summed E-state index contributed by atoms with van der Waals surface area (Å²) in [6.07, 6.45) is 0.779. The Morgan fingerprint density at radius 2 is 1.48 bits per heavy atom. The van der Waals surface area contributed by atoms with Crippen molar-refractivity contribution in [3.05, 3.63) is 0 Å². The van der Waals surface area contributed by atoms with Crippen LogP contribution in [0, 0.1) is 10.8 Å². The molecule has 40 heavy (non-hydrogen) atoms. The summed E-state index contributed by atoms with van der Waals surface area (Å²) in [5.74, 6) is -0.699. The lowest BCUT2D eigenvalue weighted by atomic mass is 9.86. The monoisotopic (exact) mass is 582 g/mol. The number of hydrogen-bond donors (Lipinski definition) is 0. The number of likely N-dealkylation sites (N-methyl/N-ethyl adjacent to an activating group) is 3. The molecule has 1 rings (SSSR count). The summed E-state index contributed by atoms with van der Waals surface area (Å²) >= 11 is 1.33. The predicted octanol–water partition coefficient (Wildman–Crippen LogP) is 2.48. The number of hydrogen-bond acceptors (Lipinski definition) is 8. The Morgan fingerprint density at radius 1 is 0.900 bits per heavy atom. The van der Waals surface area contributed by atoms with Crippen LogP contribution in [0.5, 0.6) is 0 Å². The summed E-state index contributed by atoms with van der Waals surface area (Å²) in [6.45, 7) is 12.0. The lowest BCUT2D eigenvalue weighted by molar-refractivity contribution is -0.146. The number of Topliss-reactive ketones (excluding diaryl/α,β-unsaturated/α-hetero) is 2. The number of imide groups is 1. The van der Waals surface area contributed by atoms with Gasteiger partial charge in [0.1, 0.15) is 17.6 Å². The molecule has 1 heterocycles. The molecule has 1 saturated heterocycles. The SMILES string of the molecule is CN(C)CCN(C)C(=O)C(CC(=O)C(C)(C)C)N(C)C(=O)CCCSC1CC(=O)N(CCC(=O)C(C)(C)C)C1=O. The maximum absolute atomic E-state index is 13.3. The molecular formula is C29H50N4O6S. The Hall–Kier alpha value is -2.27. The summed E-state index contributed by atoms with van der Waals surface area (Å²) in [4.78, 5) is 82.6. The van der Waals surface area contributed by atoms with Crippen molar-refractivity contribution >= 4 is 47.0 Å².